The Balaban J connectivity index is 1.76. The summed E-state index contributed by atoms with van der Waals surface area (Å²) in [5.41, 5.74) is 2.54. The minimum atomic E-state index is 0.605. The first-order valence-corrected chi connectivity index (χ1v) is 8.65. The summed E-state index contributed by atoms with van der Waals surface area (Å²) in [6, 6.07) is 9.12. The van der Waals surface area contributed by atoms with Gasteiger partial charge in [0.05, 0.1) is 12.2 Å². The molecule has 0 bridgehead atoms. The van der Waals surface area contributed by atoms with Gasteiger partial charge in [0, 0.05) is 15.3 Å². The van der Waals surface area contributed by atoms with Crippen molar-refractivity contribution in [2.24, 2.45) is 5.92 Å². The third-order valence-electron chi connectivity index (χ3n) is 4.55. The van der Waals surface area contributed by atoms with Gasteiger partial charge in [0.1, 0.15) is 0 Å². The molecule has 1 saturated carbocycles. The molecule has 0 radical (unpaired) electrons. The molecule has 0 N–H and O–H groups in total. The second kappa shape index (κ2) is 6.29. The number of rotatable bonds is 3. The molecule has 0 saturated heterocycles. The first-order chi connectivity index (χ1) is 9.78. The number of hydrogen-bond acceptors (Lipinski definition) is 1. The summed E-state index contributed by atoms with van der Waals surface area (Å²) in [5, 5.41) is 4.62. The fourth-order valence-electron chi connectivity index (χ4n) is 3.19. The van der Waals surface area contributed by atoms with Gasteiger partial charge in [-0.15, -0.1) is 0 Å². The fraction of sp³-hybridized carbons (Fsp3) is 0.471. The normalized spacial score (nSPS) is 22.9. The molecule has 20 heavy (non-hydrogen) atoms. The highest BCUT2D eigenvalue weighted by atomic mass is 127. The van der Waals surface area contributed by atoms with E-state index in [1.165, 1.54) is 46.8 Å². The minimum Gasteiger partial charge on any atom is -0.269 e. The highest BCUT2D eigenvalue weighted by Crippen LogP contribution is 2.34. The number of benzene rings is 1. The zero-order chi connectivity index (χ0) is 13.9. The SMILES string of the molecule is CCC1CCC(n2cc(-c3ccccc3I)cn2)CC1. The average Bonchev–Trinajstić information content (AvgIpc) is 2.97. The van der Waals surface area contributed by atoms with Crippen molar-refractivity contribution in [1.82, 2.24) is 9.78 Å². The molecule has 1 aromatic carbocycles. The van der Waals surface area contributed by atoms with Gasteiger partial charge in [0.15, 0.2) is 0 Å². The maximum Gasteiger partial charge on any atom is 0.0568 e. The minimum absolute atomic E-state index is 0.605. The van der Waals surface area contributed by atoms with Crippen molar-refractivity contribution in [1.29, 1.82) is 0 Å². The molecule has 3 heteroatoms. The molecule has 1 aliphatic rings. The Morgan fingerprint density at radius 2 is 1.95 bits per heavy atom. The van der Waals surface area contributed by atoms with Crippen LogP contribution in [-0.4, -0.2) is 9.78 Å². The molecule has 2 nitrogen and oxygen atoms in total. The van der Waals surface area contributed by atoms with Crippen molar-refractivity contribution in [3.8, 4) is 11.1 Å². The van der Waals surface area contributed by atoms with Crippen molar-refractivity contribution in [2.75, 3.05) is 0 Å². The van der Waals surface area contributed by atoms with E-state index in [1.54, 1.807) is 0 Å². The molecule has 0 unspecified atom stereocenters. The highest BCUT2D eigenvalue weighted by Gasteiger charge is 2.22. The van der Waals surface area contributed by atoms with Crippen LogP contribution in [0, 0.1) is 9.49 Å². The lowest BCUT2D eigenvalue weighted by Crippen LogP contribution is -2.18. The average molecular weight is 380 g/mol. The van der Waals surface area contributed by atoms with Crippen LogP contribution in [0.2, 0.25) is 0 Å². The Morgan fingerprint density at radius 1 is 1.20 bits per heavy atom. The predicted molar refractivity (Wildman–Crippen MR) is 91.7 cm³/mol. The lowest BCUT2D eigenvalue weighted by molar-refractivity contribution is 0.256. The highest BCUT2D eigenvalue weighted by molar-refractivity contribution is 14.1. The predicted octanol–water partition coefficient (Wildman–Crippen LogP) is 5.30. The van der Waals surface area contributed by atoms with Crippen LogP contribution < -0.4 is 0 Å². The molecule has 0 spiro atoms. The maximum absolute atomic E-state index is 4.62. The fourth-order valence-corrected chi connectivity index (χ4v) is 3.89. The number of aromatic nitrogens is 2. The van der Waals surface area contributed by atoms with Crippen LogP contribution in [-0.2, 0) is 0 Å². The van der Waals surface area contributed by atoms with E-state index in [2.05, 4.69) is 69.8 Å². The van der Waals surface area contributed by atoms with E-state index in [4.69, 9.17) is 0 Å². The van der Waals surface area contributed by atoms with Crippen LogP contribution in [0.1, 0.15) is 45.1 Å². The van der Waals surface area contributed by atoms with Gasteiger partial charge < -0.3 is 0 Å². The Bertz CT molecular complexity index is 568. The van der Waals surface area contributed by atoms with Crippen LogP contribution in [0.25, 0.3) is 11.1 Å². The van der Waals surface area contributed by atoms with E-state index in [-0.39, 0.29) is 0 Å². The van der Waals surface area contributed by atoms with Gasteiger partial charge >= 0.3 is 0 Å². The third kappa shape index (κ3) is 2.92. The van der Waals surface area contributed by atoms with Crippen molar-refractivity contribution in [3.63, 3.8) is 0 Å². The van der Waals surface area contributed by atoms with E-state index in [0.29, 0.717) is 6.04 Å². The van der Waals surface area contributed by atoms with Crippen LogP contribution in [0.4, 0.5) is 0 Å². The monoisotopic (exact) mass is 380 g/mol. The molecule has 3 rings (SSSR count). The van der Waals surface area contributed by atoms with Crippen molar-refractivity contribution in [3.05, 3.63) is 40.2 Å². The maximum atomic E-state index is 4.62. The summed E-state index contributed by atoms with van der Waals surface area (Å²) in [6.07, 6.45) is 10.9. The van der Waals surface area contributed by atoms with Crippen molar-refractivity contribution >= 4 is 22.6 Å². The van der Waals surface area contributed by atoms with Crippen LogP contribution >= 0.6 is 22.6 Å². The summed E-state index contributed by atoms with van der Waals surface area (Å²) in [5.74, 6) is 0.941. The molecule has 106 valence electrons. The van der Waals surface area contributed by atoms with Gasteiger partial charge in [0.25, 0.3) is 0 Å². The Labute approximate surface area is 134 Å². The molecular weight excluding hydrogens is 359 g/mol. The van der Waals surface area contributed by atoms with Crippen LogP contribution in [0.5, 0.6) is 0 Å². The van der Waals surface area contributed by atoms with Gasteiger partial charge in [-0.05, 0) is 65.8 Å². The summed E-state index contributed by atoms with van der Waals surface area (Å²) in [7, 11) is 0. The third-order valence-corrected chi connectivity index (χ3v) is 5.49. The number of nitrogens with zero attached hydrogens (tertiary/aromatic N) is 2. The number of hydrogen-bond donors (Lipinski definition) is 0. The Hall–Kier alpha value is -0.840. The Kier molecular flexibility index (Phi) is 4.44. The zero-order valence-corrected chi connectivity index (χ0v) is 14.1. The first kappa shape index (κ1) is 14.1. The largest absolute Gasteiger partial charge is 0.269 e. The van der Waals surface area contributed by atoms with Gasteiger partial charge in [0.2, 0.25) is 0 Å². The van der Waals surface area contributed by atoms with Crippen LogP contribution in [0.15, 0.2) is 36.7 Å². The van der Waals surface area contributed by atoms with E-state index in [9.17, 15) is 0 Å². The van der Waals surface area contributed by atoms with E-state index < -0.39 is 0 Å². The quantitative estimate of drug-likeness (QED) is 0.661. The van der Waals surface area contributed by atoms with Gasteiger partial charge in [-0.25, -0.2) is 0 Å². The molecule has 2 aromatic rings. The summed E-state index contributed by atoms with van der Waals surface area (Å²) < 4.78 is 3.49. The Morgan fingerprint density at radius 3 is 2.65 bits per heavy atom. The molecule has 1 heterocycles. The van der Waals surface area contributed by atoms with Crippen LogP contribution in [0.3, 0.4) is 0 Å². The lowest BCUT2D eigenvalue weighted by Gasteiger charge is -2.27. The second-order valence-electron chi connectivity index (χ2n) is 5.77. The topological polar surface area (TPSA) is 17.8 Å². The first-order valence-electron chi connectivity index (χ1n) is 7.57. The van der Waals surface area contributed by atoms with Gasteiger partial charge in [-0.1, -0.05) is 31.5 Å². The summed E-state index contributed by atoms with van der Waals surface area (Å²) in [6.45, 7) is 2.31. The van der Waals surface area contributed by atoms with Gasteiger partial charge in [-0.3, -0.25) is 4.68 Å². The number of halogens is 1. The second-order valence-corrected chi connectivity index (χ2v) is 6.93. The molecule has 0 aliphatic heterocycles. The molecular formula is C17H21IN2. The van der Waals surface area contributed by atoms with E-state index in [1.807, 2.05) is 6.20 Å². The lowest BCUT2D eigenvalue weighted by atomic mass is 9.85. The standard InChI is InChI=1S/C17H21IN2/c1-2-13-7-9-15(10-8-13)20-12-14(11-19-20)16-5-3-4-6-17(16)18/h3-6,11-13,15H,2,7-10H2,1H3. The molecule has 0 amide bonds. The zero-order valence-electron chi connectivity index (χ0n) is 11.9. The molecule has 1 aromatic heterocycles. The molecule has 1 fully saturated rings. The molecule has 0 atom stereocenters. The van der Waals surface area contributed by atoms with Crippen molar-refractivity contribution < 1.29 is 0 Å². The van der Waals surface area contributed by atoms with E-state index >= 15 is 0 Å². The molecule has 1 aliphatic carbocycles. The summed E-state index contributed by atoms with van der Waals surface area (Å²) >= 11 is 2.40. The van der Waals surface area contributed by atoms with Crippen molar-refractivity contribution in [2.45, 2.75) is 45.1 Å². The smallest absolute Gasteiger partial charge is 0.0568 e. The van der Waals surface area contributed by atoms with Gasteiger partial charge in [-0.2, -0.15) is 5.10 Å². The summed E-state index contributed by atoms with van der Waals surface area (Å²) in [4.78, 5) is 0. The van der Waals surface area contributed by atoms with E-state index in [0.717, 1.165) is 5.92 Å².